The van der Waals surface area contributed by atoms with Crippen LogP contribution in [-0.2, 0) is 57.5 Å². The number of nitrogens with zero attached hydrogens (tertiary/aromatic N) is 1. The van der Waals surface area contributed by atoms with Crippen LogP contribution in [0, 0.1) is 11.8 Å². The van der Waals surface area contributed by atoms with Gasteiger partial charge in [0.1, 0.15) is 36.3 Å². The maximum Gasteiger partial charge on any atom is 0.326 e. The van der Waals surface area contributed by atoms with Crippen molar-refractivity contribution in [2.75, 3.05) is 31.6 Å². The van der Waals surface area contributed by atoms with E-state index in [1.807, 2.05) is 0 Å². The topological polar surface area (TPSA) is 399 Å². The van der Waals surface area contributed by atoms with Crippen LogP contribution in [-0.4, -0.2) is 170 Å². The molecule has 0 saturated carbocycles. The van der Waals surface area contributed by atoms with E-state index >= 15 is 0 Å². The number of likely N-dealkylation sites (tertiary alicyclic amines) is 1. The fourth-order valence-corrected chi connectivity index (χ4v) is 7.04. The molecule has 26 heteroatoms. The smallest absolute Gasteiger partial charge is 0.326 e. The van der Waals surface area contributed by atoms with Crippen molar-refractivity contribution in [2.24, 2.45) is 17.6 Å². The molecule has 0 aromatic rings. The third kappa shape index (κ3) is 21.8. The number of hydrogen-bond donors (Lipinski definition) is 12. The molecule has 1 fully saturated rings. The van der Waals surface area contributed by atoms with Crippen LogP contribution in [0.25, 0.3) is 0 Å². The number of amides is 8. The Kier molecular flexibility index (Phi) is 25.9. The van der Waals surface area contributed by atoms with Crippen molar-refractivity contribution in [3.63, 3.8) is 0 Å². The minimum atomic E-state index is -1.51. The Labute approximate surface area is 385 Å². The molecule has 66 heavy (non-hydrogen) atoms. The highest BCUT2D eigenvalue weighted by Gasteiger charge is 2.40. The molecule has 0 aliphatic carbocycles. The predicted molar refractivity (Wildman–Crippen MR) is 234 cm³/mol. The summed E-state index contributed by atoms with van der Waals surface area (Å²) in [6.07, 6.45) is 0.0374. The lowest BCUT2D eigenvalue weighted by atomic mass is 9.99. The third-order valence-electron chi connectivity index (χ3n) is 10.1. The van der Waals surface area contributed by atoms with Gasteiger partial charge >= 0.3 is 23.9 Å². The normalized spacial score (nSPS) is 16.1. The van der Waals surface area contributed by atoms with Crippen molar-refractivity contribution in [2.45, 2.75) is 134 Å². The zero-order valence-corrected chi connectivity index (χ0v) is 38.5. The summed E-state index contributed by atoms with van der Waals surface area (Å²) in [6, 6.07) is -9.01. The van der Waals surface area contributed by atoms with E-state index < -0.39 is 158 Å². The number of carbonyl (C=O) groups is 12. The molecule has 1 aliphatic heterocycles. The van der Waals surface area contributed by atoms with E-state index in [2.05, 4.69) is 37.2 Å². The van der Waals surface area contributed by atoms with Gasteiger partial charge < -0.3 is 68.3 Å². The highest BCUT2D eigenvalue weighted by molar-refractivity contribution is 7.98. The van der Waals surface area contributed by atoms with Crippen LogP contribution in [0.15, 0.2) is 0 Å². The second-order valence-corrected chi connectivity index (χ2v) is 17.4. The van der Waals surface area contributed by atoms with Gasteiger partial charge in [0.15, 0.2) is 0 Å². The van der Waals surface area contributed by atoms with Crippen LogP contribution in [0.5, 0.6) is 0 Å². The Balaban J connectivity index is 3.08. The molecule has 25 nitrogen and oxygen atoms in total. The van der Waals surface area contributed by atoms with E-state index in [1.54, 1.807) is 34.0 Å². The fraction of sp³-hybridized carbons (Fsp3) is 0.700. The first-order chi connectivity index (χ1) is 30.9. The zero-order valence-electron chi connectivity index (χ0n) is 37.7. The molecule has 1 aliphatic rings. The van der Waals surface area contributed by atoms with Crippen LogP contribution >= 0.6 is 11.8 Å². The summed E-state index contributed by atoms with van der Waals surface area (Å²) in [7, 11) is 0. The number of carboxylic acids is 4. The summed E-state index contributed by atoms with van der Waals surface area (Å²) >= 11 is 1.38. The van der Waals surface area contributed by atoms with Crippen LogP contribution in [0.2, 0.25) is 0 Å². The lowest BCUT2D eigenvalue weighted by molar-refractivity contribution is -0.145. The Morgan fingerprint density at radius 3 is 1.68 bits per heavy atom. The number of nitrogens with one attached hydrogen (secondary N) is 7. The van der Waals surface area contributed by atoms with Crippen molar-refractivity contribution in [1.82, 2.24) is 42.1 Å². The molecule has 0 radical (unpaired) electrons. The summed E-state index contributed by atoms with van der Waals surface area (Å²) < 4.78 is 0. The molecule has 1 rings (SSSR count). The van der Waals surface area contributed by atoms with E-state index in [0.29, 0.717) is 12.2 Å². The number of hydrogen-bond acceptors (Lipinski definition) is 14. The van der Waals surface area contributed by atoms with Gasteiger partial charge in [-0.1, -0.05) is 27.7 Å². The van der Waals surface area contributed by atoms with Crippen LogP contribution < -0.4 is 43.0 Å². The van der Waals surface area contributed by atoms with Gasteiger partial charge in [-0.3, -0.25) is 52.7 Å². The molecule has 0 bridgehead atoms. The van der Waals surface area contributed by atoms with Gasteiger partial charge in [0.2, 0.25) is 47.3 Å². The SMILES string of the molecule is CSCC[C@H](NC(=O)[C@H](CC(C)C)NC(=O)[C@@H](NC(=O)CNC(=O)[C@H](CCC(=O)O)NC(=O)CNC(=O)[C@@H](N)CCC(=O)O)C(C)C)C(=O)N1CCC[C@H]1C(=O)N[C@@H](CCC(=O)O)C(=O)O. The van der Waals surface area contributed by atoms with Gasteiger partial charge in [0, 0.05) is 25.8 Å². The van der Waals surface area contributed by atoms with Crippen LogP contribution in [0.1, 0.15) is 91.9 Å². The Morgan fingerprint density at radius 2 is 1.15 bits per heavy atom. The first kappa shape index (κ1) is 58.0. The predicted octanol–water partition coefficient (Wildman–Crippen LogP) is -2.90. The maximum atomic E-state index is 14.0. The molecule has 7 atom stereocenters. The molecule has 0 unspecified atom stereocenters. The van der Waals surface area contributed by atoms with Crippen molar-refractivity contribution < 1.29 is 78.0 Å². The summed E-state index contributed by atoms with van der Waals surface area (Å²) in [5.41, 5.74) is 5.61. The quantitative estimate of drug-likeness (QED) is 0.0331. The molecule has 372 valence electrons. The van der Waals surface area contributed by atoms with Gasteiger partial charge in [0.05, 0.1) is 19.1 Å². The van der Waals surface area contributed by atoms with E-state index in [0.717, 1.165) is 0 Å². The summed E-state index contributed by atoms with van der Waals surface area (Å²) in [5.74, 6) is -12.1. The largest absolute Gasteiger partial charge is 0.481 e. The molecule has 1 saturated heterocycles. The fourth-order valence-electron chi connectivity index (χ4n) is 6.57. The monoisotopic (exact) mass is 959 g/mol. The molecule has 0 aromatic carbocycles. The Morgan fingerprint density at radius 1 is 0.621 bits per heavy atom. The molecular weight excluding hydrogens is 895 g/mol. The number of rotatable bonds is 31. The van der Waals surface area contributed by atoms with Crippen LogP contribution in [0.4, 0.5) is 0 Å². The first-order valence-corrected chi connectivity index (χ1v) is 22.8. The summed E-state index contributed by atoms with van der Waals surface area (Å²) in [4.78, 5) is 152. The Bertz CT molecular complexity index is 1770. The van der Waals surface area contributed by atoms with Gasteiger partial charge in [-0.2, -0.15) is 11.8 Å². The number of thioether (sulfide) groups is 1. The van der Waals surface area contributed by atoms with Gasteiger partial charge in [-0.25, -0.2) is 4.79 Å². The molecule has 13 N–H and O–H groups in total. The van der Waals surface area contributed by atoms with Gasteiger partial charge in [0.25, 0.3) is 0 Å². The highest BCUT2D eigenvalue weighted by Crippen LogP contribution is 2.21. The van der Waals surface area contributed by atoms with Gasteiger partial charge in [-0.15, -0.1) is 0 Å². The average Bonchev–Trinajstić information content (AvgIpc) is 3.73. The van der Waals surface area contributed by atoms with E-state index in [9.17, 15) is 62.6 Å². The molecule has 0 spiro atoms. The first-order valence-electron chi connectivity index (χ1n) is 21.4. The summed E-state index contributed by atoms with van der Waals surface area (Å²) in [6.45, 7) is 5.44. The van der Waals surface area contributed by atoms with E-state index in [-0.39, 0.29) is 44.6 Å². The molecule has 0 aromatic heterocycles. The average molecular weight is 960 g/mol. The van der Waals surface area contributed by atoms with Crippen molar-refractivity contribution in [1.29, 1.82) is 0 Å². The number of aliphatic carboxylic acids is 4. The number of carbonyl (C=O) groups excluding carboxylic acids is 8. The van der Waals surface area contributed by atoms with Crippen molar-refractivity contribution in [3.8, 4) is 0 Å². The number of carboxylic acid groups (broad SMARTS) is 4. The minimum Gasteiger partial charge on any atom is -0.481 e. The van der Waals surface area contributed by atoms with E-state index in [4.69, 9.17) is 21.1 Å². The van der Waals surface area contributed by atoms with E-state index in [1.165, 1.54) is 16.7 Å². The molecular formula is C40H65N9O16S. The van der Waals surface area contributed by atoms with Crippen molar-refractivity contribution >= 4 is 82.9 Å². The summed E-state index contributed by atoms with van der Waals surface area (Å²) in [5, 5.41) is 53.3. The molecule has 8 amide bonds. The highest BCUT2D eigenvalue weighted by atomic mass is 32.2. The zero-order chi connectivity index (χ0) is 50.3. The van der Waals surface area contributed by atoms with Gasteiger partial charge in [-0.05, 0) is 68.8 Å². The van der Waals surface area contributed by atoms with Crippen LogP contribution in [0.3, 0.4) is 0 Å². The second-order valence-electron chi connectivity index (χ2n) is 16.4. The standard InChI is InChI=1S/C40H65N9O16S/c1-20(2)17-26(36(60)45-24(14-16-66-5)39(63)49-15-6-7-27(49)37(61)46-25(40(64)65)10-13-32(56)57)47-38(62)33(21(3)4)48-29(51)19-43-35(59)23(9-12-31(54)55)44-28(50)18-42-34(58)22(41)8-11-30(52)53/h20-27,33H,6-19,41H2,1-5H3,(H,42,58)(H,43,59)(H,44,50)(H,45,60)(H,46,61)(H,47,62)(H,48,51)(H,52,53)(H,54,55)(H,56,57)(H,64,65)/t22-,23-,24-,25-,26-,27-,33-/m0/s1. The second kappa shape index (κ2) is 29.5. The van der Waals surface area contributed by atoms with Crippen molar-refractivity contribution in [3.05, 3.63) is 0 Å². The molecule has 1 heterocycles. The minimum absolute atomic E-state index is 0.0855. The lowest BCUT2D eigenvalue weighted by Crippen LogP contribution is -2.60. The lowest BCUT2D eigenvalue weighted by Gasteiger charge is -2.31. The maximum absolute atomic E-state index is 14.0. The Hall–Kier alpha value is -6.05. The third-order valence-corrected chi connectivity index (χ3v) is 10.7. The number of nitrogens with two attached hydrogens (primary N) is 1.